The molecule has 0 radical (unpaired) electrons. The minimum absolute atomic E-state index is 0.195. The molecule has 14 heavy (non-hydrogen) atoms. The minimum Gasteiger partial charge on any atom is -0.463 e. The van der Waals surface area contributed by atoms with Crippen LogP contribution in [0.2, 0.25) is 0 Å². The van der Waals surface area contributed by atoms with E-state index in [0.717, 1.165) is 13.0 Å². The highest BCUT2D eigenvalue weighted by Gasteiger charge is 2.12. The summed E-state index contributed by atoms with van der Waals surface area (Å²) in [6, 6.07) is 0.355. The van der Waals surface area contributed by atoms with Gasteiger partial charge in [-0.2, -0.15) is 0 Å². The average molecular weight is 197 g/mol. The molecule has 0 aromatic heterocycles. The van der Waals surface area contributed by atoms with Crippen LogP contribution in [0, 0.1) is 0 Å². The summed E-state index contributed by atoms with van der Waals surface area (Å²) in [5.74, 6) is -0.195. The highest BCUT2D eigenvalue weighted by molar-refractivity contribution is 5.87. The summed E-state index contributed by atoms with van der Waals surface area (Å²) < 4.78 is 4.91. The smallest absolute Gasteiger partial charge is 0.333 e. The molecule has 1 aliphatic rings. The van der Waals surface area contributed by atoms with Gasteiger partial charge in [0.1, 0.15) is 0 Å². The van der Waals surface area contributed by atoms with E-state index in [0.29, 0.717) is 18.2 Å². The highest BCUT2D eigenvalue weighted by atomic mass is 16.5. The van der Waals surface area contributed by atoms with Crippen molar-refractivity contribution in [2.45, 2.75) is 39.2 Å². The van der Waals surface area contributed by atoms with Crippen molar-refractivity contribution in [3.05, 3.63) is 11.6 Å². The Hall–Kier alpha value is -0.830. The van der Waals surface area contributed by atoms with Crippen LogP contribution in [0.1, 0.15) is 33.1 Å². The van der Waals surface area contributed by atoms with Gasteiger partial charge in [0.15, 0.2) is 0 Å². The van der Waals surface area contributed by atoms with E-state index in [1.54, 1.807) is 0 Å². The lowest BCUT2D eigenvalue weighted by molar-refractivity contribution is -0.138. The molecule has 1 N–H and O–H groups in total. The van der Waals surface area contributed by atoms with Gasteiger partial charge in [0.05, 0.1) is 6.61 Å². The fraction of sp³-hybridized carbons (Fsp3) is 0.727. The maximum absolute atomic E-state index is 11.3. The zero-order chi connectivity index (χ0) is 10.4. The van der Waals surface area contributed by atoms with Crippen molar-refractivity contribution in [1.82, 2.24) is 5.32 Å². The molecule has 1 aliphatic heterocycles. The van der Waals surface area contributed by atoms with E-state index in [2.05, 4.69) is 5.32 Å². The molecule has 0 aromatic rings. The molecule has 1 saturated heterocycles. The summed E-state index contributed by atoms with van der Waals surface area (Å²) in [5.41, 5.74) is 0.714. The number of hydrogen-bond acceptors (Lipinski definition) is 3. The number of carbonyl (C=O) groups is 1. The molecular weight excluding hydrogens is 178 g/mol. The van der Waals surface area contributed by atoms with Gasteiger partial charge in [0, 0.05) is 11.6 Å². The number of ether oxygens (including phenoxy) is 1. The molecule has 0 saturated carbocycles. The molecule has 1 fully saturated rings. The largest absolute Gasteiger partial charge is 0.463 e. The summed E-state index contributed by atoms with van der Waals surface area (Å²) in [6.07, 6.45) is 5.58. The van der Waals surface area contributed by atoms with Gasteiger partial charge < -0.3 is 10.1 Å². The van der Waals surface area contributed by atoms with Gasteiger partial charge in [-0.25, -0.2) is 4.79 Å². The summed E-state index contributed by atoms with van der Waals surface area (Å²) in [4.78, 5) is 11.3. The van der Waals surface area contributed by atoms with E-state index in [9.17, 15) is 4.79 Å². The molecule has 0 aromatic carbocycles. The zero-order valence-electron chi connectivity index (χ0n) is 9.01. The molecule has 0 bridgehead atoms. The van der Waals surface area contributed by atoms with Crippen LogP contribution in [-0.2, 0) is 9.53 Å². The third-order valence-electron chi connectivity index (χ3n) is 2.40. The molecule has 0 aliphatic carbocycles. The van der Waals surface area contributed by atoms with Crippen LogP contribution in [0.3, 0.4) is 0 Å². The molecule has 0 amide bonds. The average Bonchev–Trinajstić information content (AvgIpc) is 2.19. The predicted octanol–water partition coefficient (Wildman–Crippen LogP) is 1.64. The monoisotopic (exact) mass is 197 g/mol. The van der Waals surface area contributed by atoms with Crippen LogP contribution in [-0.4, -0.2) is 25.2 Å². The van der Waals surface area contributed by atoms with Crippen LogP contribution in [0.5, 0.6) is 0 Å². The zero-order valence-corrected chi connectivity index (χ0v) is 9.01. The first kappa shape index (κ1) is 11.2. The lowest BCUT2D eigenvalue weighted by Gasteiger charge is -2.20. The summed E-state index contributed by atoms with van der Waals surface area (Å²) in [6.45, 7) is 5.14. The summed E-state index contributed by atoms with van der Waals surface area (Å²) in [5, 5.41) is 3.36. The Kier molecular flexibility index (Phi) is 4.66. The van der Waals surface area contributed by atoms with E-state index in [4.69, 9.17) is 4.74 Å². The van der Waals surface area contributed by atoms with Crippen LogP contribution in [0.4, 0.5) is 0 Å². The van der Waals surface area contributed by atoms with Gasteiger partial charge in [0.25, 0.3) is 0 Å². The number of rotatable bonds is 3. The first-order valence-electron chi connectivity index (χ1n) is 5.33. The second-order valence-electron chi connectivity index (χ2n) is 3.63. The van der Waals surface area contributed by atoms with E-state index < -0.39 is 0 Å². The molecule has 1 unspecified atom stereocenters. The third-order valence-corrected chi connectivity index (χ3v) is 2.40. The molecule has 3 heteroatoms. The molecule has 1 heterocycles. The van der Waals surface area contributed by atoms with Gasteiger partial charge in [0.2, 0.25) is 0 Å². The Morgan fingerprint density at radius 3 is 2.93 bits per heavy atom. The van der Waals surface area contributed by atoms with Crippen LogP contribution < -0.4 is 5.32 Å². The van der Waals surface area contributed by atoms with Gasteiger partial charge >= 0.3 is 5.97 Å². The summed E-state index contributed by atoms with van der Waals surface area (Å²) in [7, 11) is 0. The van der Waals surface area contributed by atoms with Crippen LogP contribution in [0.15, 0.2) is 11.6 Å². The third kappa shape index (κ3) is 3.50. The van der Waals surface area contributed by atoms with Gasteiger partial charge in [-0.15, -0.1) is 0 Å². The number of esters is 1. The fourth-order valence-electron chi connectivity index (χ4n) is 1.64. The van der Waals surface area contributed by atoms with Crippen molar-refractivity contribution < 1.29 is 9.53 Å². The van der Waals surface area contributed by atoms with E-state index in [1.165, 1.54) is 12.8 Å². The van der Waals surface area contributed by atoms with Crippen LogP contribution >= 0.6 is 0 Å². The molecule has 3 nitrogen and oxygen atoms in total. The van der Waals surface area contributed by atoms with Crippen molar-refractivity contribution >= 4 is 5.97 Å². The molecule has 1 rings (SSSR count). The van der Waals surface area contributed by atoms with E-state index in [1.807, 2.05) is 19.9 Å². The lowest BCUT2D eigenvalue weighted by atomic mass is 10.0. The first-order chi connectivity index (χ1) is 6.74. The molecular formula is C11H19NO2. The Morgan fingerprint density at radius 1 is 1.57 bits per heavy atom. The Bertz CT molecular complexity index is 217. The van der Waals surface area contributed by atoms with Crippen molar-refractivity contribution in [2.75, 3.05) is 13.2 Å². The first-order valence-corrected chi connectivity index (χ1v) is 5.33. The second-order valence-corrected chi connectivity index (χ2v) is 3.63. The number of hydrogen-bond donors (Lipinski definition) is 1. The topological polar surface area (TPSA) is 38.3 Å². The van der Waals surface area contributed by atoms with Crippen molar-refractivity contribution in [2.24, 2.45) is 0 Å². The van der Waals surface area contributed by atoms with E-state index >= 15 is 0 Å². The quantitative estimate of drug-likeness (QED) is 0.552. The molecule has 80 valence electrons. The maximum atomic E-state index is 11.3. The lowest BCUT2D eigenvalue weighted by Crippen LogP contribution is -2.32. The minimum atomic E-state index is -0.195. The fourth-order valence-corrected chi connectivity index (χ4v) is 1.64. The Morgan fingerprint density at radius 2 is 2.36 bits per heavy atom. The van der Waals surface area contributed by atoms with Crippen molar-refractivity contribution in [3.63, 3.8) is 0 Å². The Labute approximate surface area is 85.5 Å². The summed E-state index contributed by atoms with van der Waals surface area (Å²) >= 11 is 0. The maximum Gasteiger partial charge on any atom is 0.333 e. The molecule has 0 spiro atoms. The molecule has 1 atom stereocenters. The van der Waals surface area contributed by atoms with Crippen molar-refractivity contribution in [1.29, 1.82) is 0 Å². The predicted molar refractivity (Wildman–Crippen MR) is 56.0 cm³/mol. The second kappa shape index (κ2) is 5.81. The van der Waals surface area contributed by atoms with E-state index in [-0.39, 0.29) is 5.97 Å². The SMILES string of the molecule is CCOC(=O)C(C)=CC1CCCCN1. The number of carbonyl (C=O) groups excluding carboxylic acids is 1. The Balaban J connectivity index is 2.44. The van der Waals surface area contributed by atoms with Crippen LogP contribution in [0.25, 0.3) is 0 Å². The number of nitrogens with one attached hydrogen (secondary N) is 1. The normalized spacial score (nSPS) is 23.3. The van der Waals surface area contributed by atoms with Crippen molar-refractivity contribution in [3.8, 4) is 0 Å². The van der Waals surface area contributed by atoms with Gasteiger partial charge in [-0.05, 0) is 33.2 Å². The standard InChI is InChI=1S/C11H19NO2/c1-3-14-11(13)9(2)8-10-6-4-5-7-12-10/h8,10,12H,3-7H2,1-2H3. The number of piperidine rings is 1. The van der Waals surface area contributed by atoms with Gasteiger partial charge in [-0.1, -0.05) is 12.5 Å². The van der Waals surface area contributed by atoms with Gasteiger partial charge in [-0.3, -0.25) is 0 Å². The highest BCUT2D eigenvalue weighted by Crippen LogP contribution is 2.10.